The van der Waals surface area contributed by atoms with Gasteiger partial charge in [-0.25, -0.2) is 0 Å². The molecule has 0 unspecified atom stereocenters. The van der Waals surface area contributed by atoms with Gasteiger partial charge in [-0.1, -0.05) is 37.4 Å². The van der Waals surface area contributed by atoms with Gasteiger partial charge in [-0.15, -0.1) is 0 Å². The van der Waals surface area contributed by atoms with Crippen molar-refractivity contribution in [3.63, 3.8) is 0 Å². The van der Waals surface area contributed by atoms with Crippen LogP contribution in [0.1, 0.15) is 27.7 Å². The van der Waals surface area contributed by atoms with Crippen LogP contribution in [0.4, 0.5) is 0 Å². The fourth-order valence-electron chi connectivity index (χ4n) is 2.34. The van der Waals surface area contributed by atoms with Crippen LogP contribution >= 0.6 is 0 Å². The van der Waals surface area contributed by atoms with E-state index in [1.54, 1.807) is 0 Å². The largest absolute Gasteiger partial charge is 0.563 e. The normalized spacial score (nSPS) is 22.7. The molecule has 22 heavy (non-hydrogen) atoms. The summed E-state index contributed by atoms with van der Waals surface area (Å²) in [5.41, 5.74) is 0.934. The molecule has 0 saturated carbocycles. The van der Waals surface area contributed by atoms with E-state index in [9.17, 15) is 0 Å². The van der Waals surface area contributed by atoms with Crippen LogP contribution in [-0.2, 0) is 18.6 Å². The molecule has 1 aromatic rings. The summed E-state index contributed by atoms with van der Waals surface area (Å²) >= 11 is 0. The topological polar surface area (TPSA) is 36.9 Å². The summed E-state index contributed by atoms with van der Waals surface area (Å²) in [5.74, 6) is 1.28. The molecule has 4 nitrogen and oxygen atoms in total. The van der Waals surface area contributed by atoms with Crippen LogP contribution in [0.2, 0.25) is 0 Å². The first-order chi connectivity index (χ1) is 10.2. The van der Waals surface area contributed by atoms with Crippen LogP contribution in [0.5, 0.6) is 0 Å². The molecule has 2 aliphatic heterocycles. The second-order valence-electron chi connectivity index (χ2n) is 6.67. The van der Waals surface area contributed by atoms with Gasteiger partial charge in [-0.05, 0) is 38.6 Å². The summed E-state index contributed by atoms with van der Waals surface area (Å²) in [6.07, 6.45) is 0. The van der Waals surface area contributed by atoms with Crippen molar-refractivity contribution in [1.82, 2.24) is 0 Å². The van der Waals surface area contributed by atoms with Crippen LogP contribution in [0, 0.1) is 0 Å². The van der Waals surface area contributed by atoms with Gasteiger partial charge in [-0.2, -0.15) is 0 Å². The van der Waals surface area contributed by atoms with Crippen molar-refractivity contribution < 1.29 is 18.6 Å². The first kappa shape index (κ1) is 15.3. The Balaban J connectivity index is 1.75. The second-order valence-corrected chi connectivity index (χ2v) is 6.67. The van der Waals surface area contributed by atoms with Gasteiger partial charge in [0.2, 0.25) is 0 Å². The molecule has 2 saturated heterocycles. The SMILES string of the molecule is C=C1OB(c2ccc(B3OC(=C)C(C)(C)O3)cc2)OC1(C)C. The summed E-state index contributed by atoms with van der Waals surface area (Å²) in [5, 5.41) is 0. The lowest BCUT2D eigenvalue weighted by Crippen LogP contribution is -2.38. The highest BCUT2D eigenvalue weighted by Crippen LogP contribution is 2.30. The molecule has 0 aromatic heterocycles. The number of hydrogen-bond acceptors (Lipinski definition) is 4. The highest BCUT2D eigenvalue weighted by atomic mass is 16.7. The smallest absolute Gasteiger partial charge is 0.534 e. The van der Waals surface area contributed by atoms with E-state index in [-0.39, 0.29) is 0 Å². The third-order valence-corrected chi connectivity index (χ3v) is 4.13. The van der Waals surface area contributed by atoms with Gasteiger partial charge >= 0.3 is 14.2 Å². The lowest BCUT2D eigenvalue weighted by atomic mass is 9.74. The summed E-state index contributed by atoms with van der Waals surface area (Å²) < 4.78 is 23.1. The molecule has 2 aliphatic rings. The minimum Gasteiger partial charge on any atom is -0.534 e. The molecular weight excluding hydrogens is 278 g/mol. The molecule has 0 N–H and O–H groups in total. The van der Waals surface area contributed by atoms with Crippen molar-refractivity contribution in [3.05, 3.63) is 48.9 Å². The van der Waals surface area contributed by atoms with Gasteiger partial charge in [0.05, 0.1) is 11.5 Å². The molecule has 2 fully saturated rings. The third kappa shape index (κ3) is 2.57. The molecule has 114 valence electrons. The Labute approximate surface area is 132 Å². The third-order valence-electron chi connectivity index (χ3n) is 4.13. The van der Waals surface area contributed by atoms with Crippen molar-refractivity contribution >= 4 is 25.2 Å². The van der Waals surface area contributed by atoms with E-state index in [0.717, 1.165) is 10.9 Å². The monoisotopic (exact) mass is 298 g/mol. The molecule has 0 bridgehead atoms. The predicted molar refractivity (Wildman–Crippen MR) is 88.0 cm³/mol. The lowest BCUT2D eigenvalue weighted by molar-refractivity contribution is 0.172. The number of hydrogen-bond donors (Lipinski definition) is 0. The van der Waals surface area contributed by atoms with E-state index in [2.05, 4.69) is 13.2 Å². The molecule has 6 heteroatoms. The quantitative estimate of drug-likeness (QED) is 0.780. The molecule has 3 rings (SSSR count). The Hall–Kier alpha value is -1.65. The minimum atomic E-state index is -0.469. The average molecular weight is 298 g/mol. The van der Waals surface area contributed by atoms with Gasteiger partial charge in [-0.3, -0.25) is 0 Å². The van der Waals surface area contributed by atoms with E-state index in [1.165, 1.54) is 0 Å². The highest BCUT2D eigenvalue weighted by Gasteiger charge is 2.44. The second kappa shape index (κ2) is 4.93. The molecule has 0 aliphatic carbocycles. The molecule has 0 amide bonds. The predicted octanol–water partition coefficient (Wildman–Crippen LogP) is 1.76. The number of benzene rings is 1. The van der Waals surface area contributed by atoms with E-state index in [4.69, 9.17) is 18.6 Å². The van der Waals surface area contributed by atoms with Crippen LogP contribution in [0.25, 0.3) is 0 Å². The van der Waals surface area contributed by atoms with Crippen molar-refractivity contribution in [2.45, 2.75) is 38.9 Å². The van der Waals surface area contributed by atoms with E-state index in [1.807, 2.05) is 52.0 Å². The zero-order valence-corrected chi connectivity index (χ0v) is 13.5. The Morgan fingerprint density at radius 2 is 1.05 bits per heavy atom. The molecule has 2 heterocycles. The fourth-order valence-corrected chi connectivity index (χ4v) is 2.34. The zero-order chi connectivity index (χ0) is 16.1. The minimum absolute atomic E-state index is 0.423. The van der Waals surface area contributed by atoms with Gasteiger partial charge in [0.25, 0.3) is 0 Å². The van der Waals surface area contributed by atoms with E-state index >= 15 is 0 Å². The average Bonchev–Trinajstić information content (AvgIpc) is 2.87. The molecule has 1 aromatic carbocycles. The standard InChI is InChI=1S/C16H20B2O4/c1-11-15(3,4)21-17(19-11)13-7-9-14(10-8-13)18-20-12(2)16(5,6)22-18/h7-10H,1-2H2,3-6H3. The van der Waals surface area contributed by atoms with Crippen LogP contribution in [-0.4, -0.2) is 25.4 Å². The first-order valence-electron chi connectivity index (χ1n) is 7.37. The maximum absolute atomic E-state index is 5.86. The molecule has 0 spiro atoms. The number of rotatable bonds is 2. The van der Waals surface area contributed by atoms with Gasteiger partial charge < -0.3 is 18.6 Å². The Kier molecular flexibility index (Phi) is 3.42. The summed E-state index contributed by atoms with van der Waals surface area (Å²) in [4.78, 5) is 0. The van der Waals surface area contributed by atoms with E-state index in [0.29, 0.717) is 11.5 Å². The van der Waals surface area contributed by atoms with Gasteiger partial charge in [0, 0.05) is 0 Å². The maximum Gasteiger partial charge on any atom is 0.563 e. The van der Waals surface area contributed by atoms with Gasteiger partial charge in [0.15, 0.2) is 0 Å². The molecule has 0 atom stereocenters. The molecular formula is C16H20B2O4. The molecule has 0 radical (unpaired) electrons. The van der Waals surface area contributed by atoms with Crippen LogP contribution in [0.15, 0.2) is 48.9 Å². The van der Waals surface area contributed by atoms with Crippen LogP contribution < -0.4 is 10.9 Å². The Bertz CT molecular complexity index is 567. The summed E-state index contributed by atoms with van der Waals surface area (Å²) in [6.45, 7) is 15.5. The van der Waals surface area contributed by atoms with Crippen molar-refractivity contribution in [2.75, 3.05) is 0 Å². The van der Waals surface area contributed by atoms with Crippen molar-refractivity contribution in [3.8, 4) is 0 Å². The van der Waals surface area contributed by atoms with Crippen molar-refractivity contribution in [1.29, 1.82) is 0 Å². The van der Waals surface area contributed by atoms with Crippen LogP contribution in [0.3, 0.4) is 0 Å². The summed E-state index contributed by atoms with van der Waals surface area (Å²) in [6, 6.07) is 7.82. The maximum atomic E-state index is 5.86. The van der Waals surface area contributed by atoms with Gasteiger partial charge in [0.1, 0.15) is 11.2 Å². The highest BCUT2D eigenvalue weighted by molar-refractivity contribution is 6.64. The lowest BCUT2D eigenvalue weighted by Gasteiger charge is -2.16. The fraction of sp³-hybridized carbons (Fsp3) is 0.375. The first-order valence-corrected chi connectivity index (χ1v) is 7.37. The zero-order valence-electron chi connectivity index (χ0n) is 13.5. The van der Waals surface area contributed by atoms with E-state index < -0.39 is 25.4 Å². The Morgan fingerprint density at radius 1 is 0.727 bits per heavy atom. The van der Waals surface area contributed by atoms with Crippen molar-refractivity contribution in [2.24, 2.45) is 0 Å². The Morgan fingerprint density at radius 3 is 1.27 bits per heavy atom. The summed E-state index contributed by atoms with van der Waals surface area (Å²) in [7, 11) is -0.846.